The van der Waals surface area contributed by atoms with E-state index in [9.17, 15) is 4.79 Å². The second-order valence-corrected chi connectivity index (χ2v) is 1.86. The smallest absolute Gasteiger partial charge is 0.153 e. The molecule has 1 aromatic carbocycles. The summed E-state index contributed by atoms with van der Waals surface area (Å²) in [5.74, 6) is 0.623. The highest BCUT2D eigenvalue weighted by Gasteiger charge is 1.96. The Balaban J connectivity index is 0. The number of aldehydes is 1. The Kier molecular flexibility index (Phi) is 12.7. The van der Waals surface area contributed by atoms with Gasteiger partial charge in [0.1, 0.15) is 5.75 Å². The molecule has 0 unspecified atom stereocenters. The Labute approximate surface area is 86.9 Å². The first-order valence-electron chi connectivity index (χ1n) is 4.96. The van der Waals surface area contributed by atoms with Crippen molar-refractivity contribution in [2.75, 3.05) is 7.11 Å². The number of hydrogen-bond donors (Lipinski definition) is 0. The minimum atomic E-state index is 0.588. The quantitative estimate of drug-likeness (QED) is 0.676. The first-order chi connectivity index (χ1) is 6.88. The van der Waals surface area contributed by atoms with E-state index < -0.39 is 0 Å². The Morgan fingerprint density at radius 3 is 1.93 bits per heavy atom. The Morgan fingerprint density at radius 2 is 1.57 bits per heavy atom. The Morgan fingerprint density at radius 1 is 1.07 bits per heavy atom. The van der Waals surface area contributed by atoms with Crippen LogP contribution in [0.1, 0.15) is 38.1 Å². The largest absolute Gasteiger partial charge is 0.496 e. The van der Waals surface area contributed by atoms with Gasteiger partial charge in [0, 0.05) is 0 Å². The number of hydrogen-bond acceptors (Lipinski definition) is 2. The molecule has 0 aliphatic carbocycles. The lowest BCUT2D eigenvalue weighted by Crippen LogP contribution is -1.88. The first kappa shape index (κ1) is 15.2. The van der Waals surface area contributed by atoms with Gasteiger partial charge in [-0.2, -0.15) is 0 Å². The maximum absolute atomic E-state index is 10.3. The third-order valence-corrected chi connectivity index (χ3v) is 1.27. The van der Waals surface area contributed by atoms with Gasteiger partial charge in [-0.15, -0.1) is 0 Å². The van der Waals surface area contributed by atoms with Crippen molar-refractivity contribution in [1.82, 2.24) is 0 Å². The molecule has 0 aromatic heterocycles. The molecule has 0 radical (unpaired) electrons. The van der Waals surface area contributed by atoms with Crippen LogP contribution in [-0.4, -0.2) is 13.4 Å². The summed E-state index contributed by atoms with van der Waals surface area (Å²) in [6, 6.07) is 7.09. The first-order valence-corrected chi connectivity index (χ1v) is 4.96. The summed E-state index contributed by atoms with van der Waals surface area (Å²) in [7, 11) is 1.54. The normalized spacial score (nSPS) is 7.21. The van der Waals surface area contributed by atoms with Gasteiger partial charge in [0.15, 0.2) is 6.29 Å². The lowest BCUT2D eigenvalue weighted by molar-refractivity contribution is 0.112. The molecule has 80 valence electrons. The van der Waals surface area contributed by atoms with Crippen LogP contribution in [0.5, 0.6) is 5.75 Å². The van der Waals surface area contributed by atoms with Gasteiger partial charge in [0.25, 0.3) is 0 Å². The summed E-state index contributed by atoms with van der Waals surface area (Å²) in [6.45, 7) is 8.00. The van der Waals surface area contributed by atoms with Gasteiger partial charge < -0.3 is 4.74 Å². The summed E-state index contributed by atoms with van der Waals surface area (Å²) in [4.78, 5) is 10.3. The Bertz CT molecular complexity index is 232. The van der Waals surface area contributed by atoms with E-state index in [-0.39, 0.29) is 0 Å². The molecule has 1 aromatic rings. The van der Waals surface area contributed by atoms with E-state index >= 15 is 0 Å². The predicted octanol–water partition coefficient (Wildman–Crippen LogP) is 3.56. The maximum atomic E-state index is 10.3. The molecular weight excluding hydrogens is 176 g/mol. The van der Waals surface area contributed by atoms with E-state index in [1.165, 1.54) is 0 Å². The van der Waals surface area contributed by atoms with E-state index in [1.807, 2.05) is 33.8 Å². The van der Waals surface area contributed by atoms with Crippen molar-refractivity contribution in [2.45, 2.75) is 27.7 Å². The SMILES string of the molecule is CC.CC.COc1ccccc1C=O. The number of rotatable bonds is 2. The fourth-order valence-electron chi connectivity index (χ4n) is 0.764. The van der Waals surface area contributed by atoms with Crippen LogP contribution in [0.4, 0.5) is 0 Å². The zero-order chi connectivity index (χ0) is 11.4. The number of para-hydroxylation sites is 1. The number of carbonyl (C=O) groups excluding carboxylic acids is 1. The van der Waals surface area contributed by atoms with Crippen LogP contribution < -0.4 is 4.74 Å². The van der Waals surface area contributed by atoms with Gasteiger partial charge >= 0.3 is 0 Å². The molecule has 0 fully saturated rings. The third-order valence-electron chi connectivity index (χ3n) is 1.27. The lowest BCUT2D eigenvalue weighted by atomic mass is 10.2. The second-order valence-electron chi connectivity index (χ2n) is 1.86. The maximum Gasteiger partial charge on any atom is 0.153 e. The average molecular weight is 196 g/mol. The summed E-state index contributed by atoms with van der Waals surface area (Å²) >= 11 is 0. The highest BCUT2D eigenvalue weighted by molar-refractivity contribution is 5.79. The molecule has 14 heavy (non-hydrogen) atoms. The second kappa shape index (κ2) is 11.7. The van der Waals surface area contributed by atoms with Crippen LogP contribution in [0.25, 0.3) is 0 Å². The molecule has 0 heterocycles. The summed E-state index contributed by atoms with van der Waals surface area (Å²) in [5.41, 5.74) is 0.588. The van der Waals surface area contributed by atoms with Crippen molar-refractivity contribution < 1.29 is 9.53 Å². The van der Waals surface area contributed by atoms with E-state index in [0.717, 1.165) is 6.29 Å². The summed E-state index contributed by atoms with van der Waals surface area (Å²) < 4.78 is 4.90. The molecule has 0 N–H and O–H groups in total. The zero-order valence-electron chi connectivity index (χ0n) is 9.70. The fourth-order valence-corrected chi connectivity index (χ4v) is 0.764. The zero-order valence-corrected chi connectivity index (χ0v) is 9.70. The van der Waals surface area contributed by atoms with Crippen LogP contribution in [0.3, 0.4) is 0 Å². The van der Waals surface area contributed by atoms with Gasteiger partial charge in [-0.05, 0) is 12.1 Å². The van der Waals surface area contributed by atoms with Crippen molar-refractivity contribution in [3.8, 4) is 5.75 Å². The number of ether oxygens (including phenoxy) is 1. The minimum Gasteiger partial charge on any atom is -0.496 e. The van der Waals surface area contributed by atoms with Crippen LogP contribution in [0.15, 0.2) is 24.3 Å². The molecule has 0 amide bonds. The van der Waals surface area contributed by atoms with Crippen molar-refractivity contribution in [3.63, 3.8) is 0 Å². The molecule has 2 heteroatoms. The van der Waals surface area contributed by atoms with Crippen LogP contribution in [-0.2, 0) is 0 Å². The summed E-state index contributed by atoms with van der Waals surface area (Å²) in [5, 5.41) is 0. The van der Waals surface area contributed by atoms with Crippen LogP contribution in [0, 0.1) is 0 Å². The predicted molar refractivity (Wildman–Crippen MR) is 61.1 cm³/mol. The van der Waals surface area contributed by atoms with E-state index in [1.54, 1.807) is 25.3 Å². The molecule has 0 atom stereocenters. The highest BCUT2D eigenvalue weighted by atomic mass is 16.5. The van der Waals surface area contributed by atoms with Crippen LogP contribution in [0.2, 0.25) is 0 Å². The van der Waals surface area contributed by atoms with Gasteiger partial charge in [0.05, 0.1) is 12.7 Å². The van der Waals surface area contributed by atoms with E-state index in [2.05, 4.69) is 0 Å². The van der Waals surface area contributed by atoms with Gasteiger partial charge in [-0.25, -0.2) is 0 Å². The molecule has 0 spiro atoms. The lowest BCUT2D eigenvalue weighted by Gasteiger charge is -1.99. The molecular formula is C12H20O2. The van der Waals surface area contributed by atoms with Gasteiger partial charge in [0.2, 0.25) is 0 Å². The molecule has 0 aliphatic heterocycles. The molecule has 0 saturated heterocycles. The summed E-state index contributed by atoms with van der Waals surface area (Å²) in [6.07, 6.45) is 0.777. The monoisotopic (exact) mass is 196 g/mol. The van der Waals surface area contributed by atoms with Crippen molar-refractivity contribution in [1.29, 1.82) is 0 Å². The van der Waals surface area contributed by atoms with Crippen molar-refractivity contribution in [2.24, 2.45) is 0 Å². The fraction of sp³-hybridized carbons (Fsp3) is 0.417. The number of methoxy groups -OCH3 is 1. The topological polar surface area (TPSA) is 26.3 Å². The van der Waals surface area contributed by atoms with Gasteiger partial charge in [-0.1, -0.05) is 39.8 Å². The van der Waals surface area contributed by atoms with Crippen molar-refractivity contribution >= 4 is 6.29 Å². The third kappa shape index (κ3) is 5.36. The number of carbonyl (C=O) groups is 1. The standard InChI is InChI=1S/C8H8O2.2C2H6/c1-10-8-5-3-2-4-7(8)6-9;2*1-2/h2-6H,1H3;2*1-2H3. The molecule has 0 aliphatic rings. The van der Waals surface area contributed by atoms with E-state index in [4.69, 9.17) is 4.74 Å². The van der Waals surface area contributed by atoms with Crippen LogP contribution >= 0.6 is 0 Å². The van der Waals surface area contributed by atoms with Gasteiger partial charge in [-0.3, -0.25) is 4.79 Å². The van der Waals surface area contributed by atoms with E-state index in [0.29, 0.717) is 11.3 Å². The highest BCUT2D eigenvalue weighted by Crippen LogP contribution is 2.13. The Hall–Kier alpha value is -1.31. The molecule has 0 bridgehead atoms. The molecule has 2 nitrogen and oxygen atoms in total. The average Bonchev–Trinajstić information content (AvgIpc) is 2.34. The number of benzene rings is 1. The van der Waals surface area contributed by atoms with Crippen molar-refractivity contribution in [3.05, 3.63) is 29.8 Å². The molecule has 1 rings (SSSR count). The minimum absolute atomic E-state index is 0.588. The molecule has 0 saturated carbocycles.